The largest absolute Gasteiger partial charge is 0.489 e. The van der Waals surface area contributed by atoms with Gasteiger partial charge in [-0.15, -0.1) is 0 Å². The molecule has 2 N–H and O–H groups in total. The summed E-state index contributed by atoms with van der Waals surface area (Å²) in [5, 5.41) is 7.91. The predicted molar refractivity (Wildman–Crippen MR) is 95.2 cm³/mol. The number of benzene rings is 2. The van der Waals surface area contributed by atoms with Gasteiger partial charge in [0, 0.05) is 18.4 Å². The number of para-hydroxylation sites is 1. The summed E-state index contributed by atoms with van der Waals surface area (Å²) in [5.74, 6) is 0.488. The maximum Gasteiger partial charge on any atom is 0.244 e. The van der Waals surface area contributed by atoms with E-state index in [1.807, 2.05) is 31.2 Å². The number of sulfonamides is 1. The molecule has 3 aromatic rings. The van der Waals surface area contributed by atoms with Gasteiger partial charge >= 0.3 is 0 Å². The lowest BCUT2D eigenvalue weighted by Crippen LogP contribution is -2.26. The van der Waals surface area contributed by atoms with Crippen molar-refractivity contribution < 1.29 is 13.2 Å². The Kier molecular flexibility index (Phi) is 3.97. The van der Waals surface area contributed by atoms with Gasteiger partial charge in [-0.2, -0.15) is 5.10 Å². The molecule has 0 spiro atoms. The van der Waals surface area contributed by atoms with E-state index >= 15 is 0 Å². The Labute approximate surface area is 146 Å². The van der Waals surface area contributed by atoms with Crippen LogP contribution >= 0.6 is 0 Å². The molecule has 1 aliphatic heterocycles. The molecule has 0 fully saturated rings. The standard InChI is InChI=1S/C18H19N3O3S/c1-12-9-14-3-2-4-17(18(14)24-12)25(22,23)20-8-7-13-5-6-16-15(10-13)11-19-21-16/h2-6,10-12,20H,7-9H2,1H3,(H,19,21). The van der Waals surface area contributed by atoms with E-state index in [1.165, 1.54) is 0 Å². The van der Waals surface area contributed by atoms with E-state index in [0.717, 1.165) is 28.5 Å². The van der Waals surface area contributed by atoms with E-state index in [9.17, 15) is 8.42 Å². The van der Waals surface area contributed by atoms with Gasteiger partial charge in [0.1, 0.15) is 16.7 Å². The fourth-order valence-electron chi connectivity index (χ4n) is 3.18. The molecule has 130 valence electrons. The number of H-pyrrole nitrogens is 1. The Morgan fingerprint density at radius 2 is 2.20 bits per heavy atom. The van der Waals surface area contributed by atoms with Gasteiger partial charge in [0.25, 0.3) is 0 Å². The lowest BCUT2D eigenvalue weighted by atomic mass is 10.1. The van der Waals surface area contributed by atoms with Gasteiger partial charge in [-0.3, -0.25) is 5.10 Å². The van der Waals surface area contributed by atoms with Crippen LogP contribution in [0.4, 0.5) is 0 Å². The van der Waals surface area contributed by atoms with Crippen molar-refractivity contribution >= 4 is 20.9 Å². The molecule has 2 heterocycles. The number of hydrogen-bond donors (Lipinski definition) is 2. The van der Waals surface area contributed by atoms with Crippen LogP contribution in [0.1, 0.15) is 18.1 Å². The minimum Gasteiger partial charge on any atom is -0.489 e. The molecular formula is C18H19N3O3S. The number of ether oxygens (including phenoxy) is 1. The number of hydrogen-bond acceptors (Lipinski definition) is 4. The van der Waals surface area contributed by atoms with Crippen molar-refractivity contribution in [1.29, 1.82) is 0 Å². The highest BCUT2D eigenvalue weighted by atomic mass is 32.2. The van der Waals surface area contributed by atoms with Crippen molar-refractivity contribution in [2.24, 2.45) is 0 Å². The molecule has 1 aliphatic rings. The number of aromatic nitrogens is 2. The smallest absolute Gasteiger partial charge is 0.244 e. The minimum atomic E-state index is -3.60. The zero-order valence-corrected chi connectivity index (χ0v) is 14.6. The van der Waals surface area contributed by atoms with Crippen molar-refractivity contribution in [3.8, 4) is 5.75 Å². The monoisotopic (exact) mass is 357 g/mol. The molecule has 7 heteroatoms. The van der Waals surface area contributed by atoms with Gasteiger partial charge in [-0.1, -0.05) is 18.2 Å². The van der Waals surface area contributed by atoms with Gasteiger partial charge in [0.2, 0.25) is 10.0 Å². The third-order valence-electron chi connectivity index (χ3n) is 4.39. The second-order valence-corrected chi connectivity index (χ2v) is 8.05. The first-order valence-electron chi connectivity index (χ1n) is 8.23. The topological polar surface area (TPSA) is 84.1 Å². The summed E-state index contributed by atoms with van der Waals surface area (Å²) < 4.78 is 33.7. The van der Waals surface area contributed by atoms with Crippen LogP contribution in [0, 0.1) is 0 Å². The maximum atomic E-state index is 12.7. The Bertz CT molecular complexity index is 1030. The number of nitrogens with one attached hydrogen (secondary N) is 2. The lowest BCUT2D eigenvalue weighted by Gasteiger charge is -2.11. The SMILES string of the molecule is CC1Cc2cccc(S(=O)(=O)NCCc3ccc4[nH]ncc4c3)c2O1. The molecule has 0 radical (unpaired) electrons. The first-order chi connectivity index (χ1) is 12.0. The average Bonchev–Trinajstić information content (AvgIpc) is 3.18. The van der Waals surface area contributed by atoms with E-state index in [1.54, 1.807) is 18.3 Å². The molecule has 0 amide bonds. The van der Waals surface area contributed by atoms with Crippen molar-refractivity contribution in [1.82, 2.24) is 14.9 Å². The Morgan fingerprint density at radius 1 is 1.32 bits per heavy atom. The highest BCUT2D eigenvalue weighted by Crippen LogP contribution is 2.35. The molecule has 1 atom stereocenters. The number of rotatable bonds is 5. The summed E-state index contributed by atoms with van der Waals surface area (Å²) in [6.07, 6.45) is 3.11. The molecule has 6 nitrogen and oxygen atoms in total. The molecule has 4 rings (SSSR count). The normalized spacial score (nSPS) is 16.8. The van der Waals surface area contributed by atoms with Crippen LogP contribution in [-0.4, -0.2) is 31.3 Å². The second-order valence-electron chi connectivity index (χ2n) is 6.32. The third kappa shape index (κ3) is 3.12. The Balaban J connectivity index is 1.48. The van der Waals surface area contributed by atoms with E-state index < -0.39 is 10.0 Å². The first-order valence-corrected chi connectivity index (χ1v) is 9.71. The molecule has 25 heavy (non-hydrogen) atoms. The summed E-state index contributed by atoms with van der Waals surface area (Å²) in [7, 11) is -3.60. The predicted octanol–water partition coefficient (Wildman–Crippen LogP) is 2.41. The zero-order valence-electron chi connectivity index (χ0n) is 13.8. The lowest BCUT2D eigenvalue weighted by molar-refractivity contribution is 0.249. The molecule has 0 saturated heterocycles. The van der Waals surface area contributed by atoms with Gasteiger partial charge < -0.3 is 4.74 Å². The average molecular weight is 357 g/mol. The van der Waals surface area contributed by atoms with E-state index in [0.29, 0.717) is 18.7 Å². The minimum absolute atomic E-state index is 0.00744. The summed E-state index contributed by atoms with van der Waals surface area (Å²) >= 11 is 0. The molecule has 1 aromatic heterocycles. The van der Waals surface area contributed by atoms with Crippen LogP contribution in [-0.2, 0) is 22.9 Å². The summed E-state index contributed by atoms with van der Waals surface area (Å²) in [6.45, 7) is 2.26. The molecule has 0 aliphatic carbocycles. The van der Waals surface area contributed by atoms with E-state index in [-0.39, 0.29) is 11.0 Å². The molecule has 0 saturated carbocycles. The van der Waals surface area contributed by atoms with Gasteiger partial charge in [0.15, 0.2) is 0 Å². The van der Waals surface area contributed by atoms with Crippen LogP contribution < -0.4 is 9.46 Å². The van der Waals surface area contributed by atoms with Crippen molar-refractivity contribution in [2.75, 3.05) is 6.54 Å². The summed E-state index contributed by atoms with van der Waals surface area (Å²) in [4.78, 5) is 0.222. The summed E-state index contributed by atoms with van der Waals surface area (Å²) in [6, 6.07) is 11.2. The fourth-order valence-corrected chi connectivity index (χ4v) is 4.38. The van der Waals surface area contributed by atoms with E-state index in [2.05, 4.69) is 14.9 Å². The number of nitrogens with zero attached hydrogens (tertiary/aromatic N) is 1. The maximum absolute atomic E-state index is 12.7. The second kappa shape index (κ2) is 6.16. The van der Waals surface area contributed by atoms with Crippen LogP contribution in [0.5, 0.6) is 5.75 Å². The number of aromatic amines is 1. The Hall–Kier alpha value is -2.38. The fraction of sp³-hybridized carbons (Fsp3) is 0.278. The van der Waals surface area contributed by atoms with Crippen molar-refractivity contribution in [2.45, 2.75) is 30.8 Å². The van der Waals surface area contributed by atoms with Crippen LogP contribution in [0.2, 0.25) is 0 Å². The number of fused-ring (bicyclic) bond motifs is 2. The highest BCUT2D eigenvalue weighted by Gasteiger charge is 2.27. The van der Waals surface area contributed by atoms with Crippen LogP contribution in [0.15, 0.2) is 47.5 Å². The highest BCUT2D eigenvalue weighted by molar-refractivity contribution is 7.89. The Morgan fingerprint density at radius 3 is 3.08 bits per heavy atom. The van der Waals surface area contributed by atoms with Crippen molar-refractivity contribution in [3.05, 3.63) is 53.7 Å². The quantitative estimate of drug-likeness (QED) is 0.734. The molecule has 0 bridgehead atoms. The summed E-state index contributed by atoms with van der Waals surface area (Å²) in [5.41, 5.74) is 2.97. The molecular weight excluding hydrogens is 338 g/mol. The van der Waals surface area contributed by atoms with Gasteiger partial charge in [-0.25, -0.2) is 13.1 Å². The van der Waals surface area contributed by atoms with Gasteiger partial charge in [-0.05, 0) is 42.7 Å². The van der Waals surface area contributed by atoms with Crippen molar-refractivity contribution in [3.63, 3.8) is 0 Å². The van der Waals surface area contributed by atoms with E-state index in [4.69, 9.17) is 4.74 Å². The van der Waals surface area contributed by atoms with Crippen LogP contribution in [0.3, 0.4) is 0 Å². The molecule has 2 aromatic carbocycles. The van der Waals surface area contributed by atoms with Gasteiger partial charge in [0.05, 0.1) is 11.7 Å². The van der Waals surface area contributed by atoms with Crippen LogP contribution in [0.25, 0.3) is 10.9 Å². The third-order valence-corrected chi connectivity index (χ3v) is 5.87. The first kappa shape index (κ1) is 16.1. The zero-order chi connectivity index (χ0) is 17.4. The molecule has 1 unspecified atom stereocenters.